The van der Waals surface area contributed by atoms with Crippen molar-refractivity contribution < 1.29 is 4.79 Å². The van der Waals surface area contributed by atoms with Gasteiger partial charge in [0.2, 0.25) is 5.91 Å². The van der Waals surface area contributed by atoms with E-state index < -0.39 is 0 Å². The molecule has 27 heavy (non-hydrogen) atoms. The number of nitrogens with zero attached hydrogens (tertiary/aromatic N) is 4. The van der Waals surface area contributed by atoms with Crippen LogP contribution in [0.25, 0.3) is 10.2 Å². The molecule has 1 fully saturated rings. The average molecular weight is 405 g/mol. The van der Waals surface area contributed by atoms with Crippen LogP contribution >= 0.6 is 23.1 Å². The summed E-state index contributed by atoms with van der Waals surface area (Å²) >= 11 is 3.43. The van der Waals surface area contributed by atoms with Crippen molar-refractivity contribution in [1.29, 1.82) is 0 Å². The van der Waals surface area contributed by atoms with Crippen LogP contribution in [-0.2, 0) is 17.6 Å². The first-order valence-electron chi connectivity index (χ1n) is 9.99. The SMILES string of the molecule is CCN1CCN(C(=O)[C@H](C)Sc2ncnc3sc4c(c23)CC[C@@H](C)C4)CC1. The normalized spacial score (nSPS) is 22.0. The summed E-state index contributed by atoms with van der Waals surface area (Å²) in [6.07, 6.45) is 5.15. The fourth-order valence-corrected chi connectivity index (χ4v) is 6.54. The van der Waals surface area contributed by atoms with Crippen molar-refractivity contribution in [3.8, 4) is 0 Å². The minimum atomic E-state index is -0.116. The van der Waals surface area contributed by atoms with Crippen molar-refractivity contribution in [2.24, 2.45) is 5.92 Å². The number of fused-ring (bicyclic) bond motifs is 3. The number of amides is 1. The molecule has 2 aliphatic rings. The van der Waals surface area contributed by atoms with Gasteiger partial charge >= 0.3 is 0 Å². The minimum absolute atomic E-state index is 0.116. The molecule has 0 unspecified atom stereocenters. The highest BCUT2D eigenvalue weighted by molar-refractivity contribution is 8.00. The third-order valence-electron chi connectivity index (χ3n) is 5.82. The molecule has 2 atom stereocenters. The van der Waals surface area contributed by atoms with Crippen LogP contribution in [0.15, 0.2) is 11.4 Å². The van der Waals surface area contributed by atoms with Gasteiger partial charge in [0.15, 0.2) is 0 Å². The molecular formula is C20H28N4OS2. The maximum Gasteiger partial charge on any atom is 0.235 e. The lowest BCUT2D eigenvalue weighted by Gasteiger charge is -2.35. The second-order valence-corrected chi connectivity index (χ2v) is 10.1. The van der Waals surface area contributed by atoms with Gasteiger partial charge in [-0.3, -0.25) is 4.79 Å². The molecule has 146 valence electrons. The smallest absolute Gasteiger partial charge is 0.235 e. The lowest BCUT2D eigenvalue weighted by Crippen LogP contribution is -2.50. The lowest BCUT2D eigenvalue weighted by atomic mass is 9.89. The van der Waals surface area contributed by atoms with Crippen LogP contribution in [0.3, 0.4) is 0 Å². The standard InChI is InChI=1S/C20H28N4OS2/c1-4-23-7-9-24(10-8-23)20(25)14(3)26-18-17-15-6-5-13(2)11-16(15)27-19(17)22-12-21-18/h12-14H,4-11H2,1-3H3/t13-,14+/m1/s1. The van der Waals surface area contributed by atoms with Crippen molar-refractivity contribution in [1.82, 2.24) is 19.8 Å². The molecule has 1 aliphatic heterocycles. The van der Waals surface area contributed by atoms with E-state index in [0.717, 1.165) is 61.3 Å². The molecule has 0 radical (unpaired) electrons. The molecule has 1 saturated heterocycles. The van der Waals surface area contributed by atoms with Gasteiger partial charge in [-0.15, -0.1) is 11.3 Å². The van der Waals surface area contributed by atoms with Gasteiger partial charge in [0.25, 0.3) is 0 Å². The average Bonchev–Trinajstić information content (AvgIpc) is 3.05. The molecule has 1 amide bonds. The van der Waals surface area contributed by atoms with Crippen LogP contribution in [0.5, 0.6) is 0 Å². The summed E-state index contributed by atoms with van der Waals surface area (Å²) in [5, 5.41) is 2.08. The Kier molecular flexibility index (Phi) is 5.71. The summed E-state index contributed by atoms with van der Waals surface area (Å²) in [5.41, 5.74) is 1.44. The van der Waals surface area contributed by atoms with Gasteiger partial charge in [0, 0.05) is 36.4 Å². The first-order valence-corrected chi connectivity index (χ1v) is 11.7. The van der Waals surface area contributed by atoms with E-state index in [1.807, 2.05) is 23.2 Å². The summed E-state index contributed by atoms with van der Waals surface area (Å²) in [4.78, 5) is 29.0. The molecule has 1 aliphatic carbocycles. The van der Waals surface area contributed by atoms with E-state index in [0.29, 0.717) is 0 Å². The summed E-state index contributed by atoms with van der Waals surface area (Å²) in [5.74, 6) is 0.983. The van der Waals surface area contributed by atoms with Crippen molar-refractivity contribution in [2.45, 2.75) is 50.3 Å². The topological polar surface area (TPSA) is 49.3 Å². The Morgan fingerprint density at radius 3 is 2.85 bits per heavy atom. The van der Waals surface area contributed by atoms with Crippen molar-refractivity contribution >= 4 is 39.2 Å². The monoisotopic (exact) mass is 404 g/mol. The number of piperazine rings is 1. The summed E-state index contributed by atoms with van der Waals surface area (Å²) < 4.78 is 0. The Morgan fingerprint density at radius 1 is 1.33 bits per heavy atom. The molecule has 0 aromatic carbocycles. The van der Waals surface area contributed by atoms with E-state index in [-0.39, 0.29) is 11.2 Å². The number of carbonyl (C=O) groups is 1. The van der Waals surface area contributed by atoms with E-state index in [9.17, 15) is 4.79 Å². The molecule has 5 nitrogen and oxygen atoms in total. The fraction of sp³-hybridized carbons (Fsp3) is 0.650. The van der Waals surface area contributed by atoms with Gasteiger partial charge in [0.05, 0.1) is 5.25 Å². The Balaban J connectivity index is 1.52. The molecule has 0 saturated carbocycles. The number of aryl methyl sites for hydroxylation is 1. The fourth-order valence-electron chi connectivity index (χ4n) is 4.09. The molecule has 0 spiro atoms. The van der Waals surface area contributed by atoms with Crippen molar-refractivity contribution in [3.63, 3.8) is 0 Å². The zero-order valence-electron chi connectivity index (χ0n) is 16.4. The summed E-state index contributed by atoms with van der Waals surface area (Å²) in [6.45, 7) is 11.2. The number of likely N-dealkylation sites (N-methyl/N-ethyl adjacent to an activating group) is 1. The lowest BCUT2D eigenvalue weighted by molar-refractivity contribution is -0.132. The third kappa shape index (κ3) is 3.87. The van der Waals surface area contributed by atoms with E-state index in [1.54, 1.807) is 18.1 Å². The van der Waals surface area contributed by atoms with E-state index in [4.69, 9.17) is 0 Å². The van der Waals surface area contributed by atoms with E-state index in [2.05, 4.69) is 28.7 Å². The summed E-state index contributed by atoms with van der Waals surface area (Å²) in [7, 11) is 0. The predicted molar refractivity (Wildman–Crippen MR) is 113 cm³/mol. The Morgan fingerprint density at radius 2 is 2.11 bits per heavy atom. The molecule has 0 bridgehead atoms. The van der Waals surface area contributed by atoms with E-state index >= 15 is 0 Å². The zero-order chi connectivity index (χ0) is 19.0. The number of thiophene rings is 1. The van der Waals surface area contributed by atoms with Gasteiger partial charge in [-0.2, -0.15) is 0 Å². The van der Waals surface area contributed by atoms with Gasteiger partial charge < -0.3 is 9.80 Å². The molecule has 2 aromatic heterocycles. The molecule has 3 heterocycles. The van der Waals surface area contributed by atoms with Crippen LogP contribution in [-0.4, -0.2) is 63.6 Å². The van der Waals surface area contributed by atoms with Gasteiger partial charge in [-0.1, -0.05) is 25.6 Å². The van der Waals surface area contributed by atoms with Crippen LogP contribution in [0.1, 0.15) is 37.6 Å². The second kappa shape index (κ2) is 8.05. The molecule has 7 heteroatoms. The molecular weight excluding hydrogens is 376 g/mol. The number of carbonyl (C=O) groups excluding carboxylic acids is 1. The second-order valence-electron chi connectivity index (χ2n) is 7.73. The van der Waals surface area contributed by atoms with Crippen molar-refractivity contribution in [3.05, 3.63) is 16.8 Å². The largest absolute Gasteiger partial charge is 0.339 e. The van der Waals surface area contributed by atoms with Crippen molar-refractivity contribution in [2.75, 3.05) is 32.7 Å². The maximum absolute atomic E-state index is 12.9. The Bertz CT molecular complexity index is 829. The third-order valence-corrected chi connectivity index (χ3v) is 8.07. The molecule has 0 N–H and O–H groups in total. The number of thioether (sulfide) groups is 1. The van der Waals surface area contributed by atoms with Gasteiger partial charge in [0.1, 0.15) is 16.2 Å². The highest BCUT2D eigenvalue weighted by atomic mass is 32.2. The number of hydrogen-bond acceptors (Lipinski definition) is 6. The maximum atomic E-state index is 12.9. The minimum Gasteiger partial charge on any atom is -0.339 e. The highest BCUT2D eigenvalue weighted by Gasteiger charge is 2.28. The quantitative estimate of drug-likeness (QED) is 0.577. The summed E-state index contributed by atoms with van der Waals surface area (Å²) in [6, 6.07) is 0. The van der Waals surface area contributed by atoms with Crippen LogP contribution in [0, 0.1) is 5.92 Å². The highest BCUT2D eigenvalue weighted by Crippen LogP contribution is 2.41. The predicted octanol–water partition coefficient (Wildman–Crippen LogP) is 3.46. The van der Waals surface area contributed by atoms with Gasteiger partial charge in [-0.05, 0) is 44.2 Å². The van der Waals surface area contributed by atoms with Gasteiger partial charge in [-0.25, -0.2) is 9.97 Å². The van der Waals surface area contributed by atoms with E-state index in [1.165, 1.54) is 22.2 Å². The molecule has 2 aromatic rings. The number of rotatable bonds is 4. The number of aromatic nitrogens is 2. The van der Waals surface area contributed by atoms with Crippen LogP contribution in [0.4, 0.5) is 0 Å². The zero-order valence-corrected chi connectivity index (χ0v) is 18.0. The van der Waals surface area contributed by atoms with Crippen LogP contribution in [0.2, 0.25) is 0 Å². The first-order chi connectivity index (χ1) is 13.1. The van der Waals surface area contributed by atoms with Crippen LogP contribution < -0.4 is 0 Å². The Hall–Kier alpha value is -1.18. The number of hydrogen-bond donors (Lipinski definition) is 0. The first kappa shape index (κ1) is 19.2. The Labute approximate surface area is 169 Å². The molecule has 4 rings (SSSR count).